The summed E-state index contributed by atoms with van der Waals surface area (Å²) < 4.78 is 41.2. The third-order valence-corrected chi connectivity index (χ3v) is 8.84. The van der Waals surface area contributed by atoms with E-state index in [1.807, 2.05) is 42.5 Å². The molecule has 6 rings (SSSR count). The Bertz CT molecular complexity index is 1670. The molecule has 9 atom stereocenters. The summed E-state index contributed by atoms with van der Waals surface area (Å²) in [4.78, 5) is 23.1. The zero-order valence-corrected chi connectivity index (χ0v) is 26.6. The zero-order chi connectivity index (χ0) is 35.0. The fourth-order valence-corrected chi connectivity index (χ4v) is 6.55. The van der Waals surface area contributed by atoms with Gasteiger partial charge in [-0.15, -0.1) is 0 Å². The van der Waals surface area contributed by atoms with Crippen molar-refractivity contribution in [1.82, 2.24) is 0 Å². The highest BCUT2D eigenvalue weighted by Crippen LogP contribution is 2.58. The standard InChI is InChI=1S/C34H38N2O13/c1-43-19-11-10-18-24-21(12-15-6-4-3-5-7-15)46-20-13-16(8-9-17(20)28(24)48-29(18)30(19)44-2)45-34-27(42)25(40)26(41)31(49-34)32(33(35)36)47-23(39)14-22(37)38/h3-11,13,21,24-28,31-34,40-42H,12,14,35-36H2,1-2H3,(H,37,38)/t21-,24-,25+,26+,27-,28-,31+,32+,34+/m1/s1. The lowest BCUT2D eigenvalue weighted by Gasteiger charge is -2.43. The highest BCUT2D eigenvalue weighted by molar-refractivity contribution is 5.90. The van der Waals surface area contributed by atoms with Crippen molar-refractivity contribution in [2.45, 2.75) is 73.9 Å². The number of hydrogen-bond donors (Lipinski definition) is 6. The minimum atomic E-state index is -1.84. The Morgan fingerprint density at radius 1 is 0.898 bits per heavy atom. The molecule has 0 spiro atoms. The number of fused-ring (bicyclic) bond motifs is 5. The minimum Gasteiger partial charge on any atom is -0.493 e. The first-order chi connectivity index (χ1) is 23.5. The molecule has 0 aliphatic carbocycles. The number of nitrogens with two attached hydrogens (primary N) is 2. The van der Waals surface area contributed by atoms with Gasteiger partial charge in [-0.1, -0.05) is 36.4 Å². The summed E-state index contributed by atoms with van der Waals surface area (Å²) in [5, 5.41) is 41.1. The number of esters is 1. The summed E-state index contributed by atoms with van der Waals surface area (Å²) in [5.74, 6) is -0.729. The van der Waals surface area contributed by atoms with Crippen LogP contribution < -0.4 is 35.2 Å². The van der Waals surface area contributed by atoms with Gasteiger partial charge >= 0.3 is 11.9 Å². The molecule has 0 amide bonds. The Balaban J connectivity index is 1.29. The van der Waals surface area contributed by atoms with Crippen LogP contribution in [0.5, 0.6) is 28.7 Å². The number of methoxy groups -OCH3 is 2. The summed E-state index contributed by atoms with van der Waals surface area (Å²) >= 11 is 0. The number of hydrogen-bond acceptors (Lipinski definition) is 14. The smallest absolute Gasteiger partial charge is 0.317 e. The van der Waals surface area contributed by atoms with Gasteiger partial charge < -0.3 is 65.1 Å². The van der Waals surface area contributed by atoms with E-state index >= 15 is 0 Å². The molecule has 15 nitrogen and oxygen atoms in total. The fourth-order valence-electron chi connectivity index (χ4n) is 6.55. The molecule has 3 aromatic rings. The quantitative estimate of drug-likeness (QED) is 0.0930. The van der Waals surface area contributed by atoms with E-state index in [0.717, 1.165) is 16.7 Å². The monoisotopic (exact) mass is 682 g/mol. The number of rotatable bonds is 11. The van der Waals surface area contributed by atoms with Crippen molar-refractivity contribution in [1.29, 1.82) is 0 Å². The molecule has 0 unspecified atom stereocenters. The highest BCUT2D eigenvalue weighted by atomic mass is 16.7. The van der Waals surface area contributed by atoms with Gasteiger partial charge in [0, 0.05) is 23.6 Å². The van der Waals surface area contributed by atoms with Crippen LogP contribution in [0.4, 0.5) is 0 Å². The number of benzene rings is 3. The van der Waals surface area contributed by atoms with Gasteiger partial charge in [-0.05, 0) is 23.8 Å². The number of ether oxygens (including phenoxy) is 7. The SMILES string of the molecule is COc1ccc2c(c1OC)O[C@@H]1c3ccc(O[C@H]4O[C@H]([C@H](OC(=O)CC(=O)O)C(N)N)[C@@H](O)[C@H](O)[C@H]4O)cc3O[C@H](Cc3ccccc3)[C@@H]21. The molecule has 0 bridgehead atoms. The Hall–Kier alpha value is -4.64. The largest absolute Gasteiger partial charge is 0.493 e. The van der Waals surface area contributed by atoms with E-state index < -0.39 is 67.4 Å². The van der Waals surface area contributed by atoms with Gasteiger partial charge in [0.2, 0.25) is 12.0 Å². The Morgan fingerprint density at radius 2 is 1.63 bits per heavy atom. The molecule has 0 radical (unpaired) electrons. The van der Waals surface area contributed by atoms with Crippen molar-refractivity contribution >= 4 is 11.9 Å². The number of carboxylic acids is 1. The maximum Gasteiger partial charge on any atom is 0.317 e. The third-order valence-electron chi connectivity index (χ3n) is 8.84. The second kappa shape index (κ2) is 14.1. The summed E-state index contributed by atoms with van der Waals surface area (Å²) in [6.07, 6.45) is -13.0. The van der Waals surface area contributed by atoms with Crippen molar-refractivity contribution in [2.24, 2.45) is 11.5 Å². The minimum absolute atomic E-state index is 0.160. The first-order valence-corrected chi connectivity index (χ1v) is 15.6. The van der Waals surface area contributed by atoms with Gasteiger partial charge in [-0.2, -0.15) is 0 Å². The van der Waals surface area contributed by atoms with E-state index in [2.05, 4.69) is 0 Å². The second-order valence-electron chi connectivity index (χ2n) is 12.0. The zero-order valence-electron chi connectivity index (χ0n) is 26.6. The van der Waals surface area contributed by atoms with Crippen LogP contribution in [0.2, 0.25) is 0 Å². The van der Waals surface area contributed by atoms with Crippen molar-refractivity contribution in [3.63, 3.8) is 0 Å². The van der Waals surface area contributed by atoms with E-state index in [4.69, 9.17) is 49.7 Å². The van der Waals surface area contributed by atoms with E-state index in [1.165, 1.54) is 0 Å². The predicted molar refractivity (Wildman–Crippen MR) is 168 cm³/mol. The van der Waals surface area contributed by atoms with Gasteiger partial charge in [0.25, 0.3) is 0 Å². The fraction of sp³-hybridized carbons (Fsp3) is 0.412. The van der Waals surface area contributed by atoms with Crippen LogP contribution in [0.3, 0.4) is 0 Å². The molecule has 3 aliphatic heterocycles. The molecule has 0 saturated carbocycles. The molecule has 3 aliphatic rings. The summed E-state index contributed by atoms with van der Waals surface area (Å²) in [6, 6.07) is 18.6. The summed E-state index contributed by atoms with van der Waals surface area (Å²) in [6.45, 7) is 0. The molecule has 3 heterocycles. The summed E-state index contributed by atoms with van der Waals surface area (Å²) in [7, 11) is 3.10. The lowest BCUT2D eigenvalue weighted by atomic mass is 9.81. The van der Waals surface area contributed by atoms with E-state index in [1.54, 1.807) is 32.4 Å². The number of aliphatic hydroxyl groups is 3. The molecular weight excluding hydrogens is 644 g/mol. The Kier molecular flexibility index (Phi) is 9.83. The van der Waals surface area contributed by atoms with Gasteiger partial charge in [-0.3, -0.25) is 9.59 Å². The molecule has 1 fully saturated rings. The van der Waals surface area contributed by atoms with E-state index in [9.17, 15) is 24.9 Å². The molecule has 262 valence electrons. The average Bonchev–Trinajstić information content (AvgIpc) is 3.47. The Labute approximate surface area is 280 Å². The summed E-state index contributed by atoms with van der Waals surface area (Å²) in [5.41, 5.74) is 14.2. The van der Waals surface area contributed by atoms with Crippen LogP contribution in [0, 0.1) is 0 Å². The number of carbonyl (C=O) groups is 2. The van der Waals surface area contributed by atoms with Crippen LogP contribution in [0.25, 0.3) is 0 Å². The Morgan fingerprint density at radius 3 is 2.31 bits per heavy atom. The number of carboxylic acid groups (broad SMARTS) is 1. The average molecular weight is 683 g/mol. The maximum absolute atomic E-state index is 12.1. The number of aliphatic carboxylic acids is 1. The third kappa shape index (κ3) is 6.68. The van der Waals surface area contributed by atoms with Crippen LogP contribution >= 0.6 is 0 Å². The first kappa shape index (κ1) is 34.2. The normalized spacial score (nSPS) is 27.4. The molecule has 3 aromatic carbocycles. The van der Waals surface area contributed by atoms with Crippen LogP contribution in [0.1, 0.15) is 35.1 Å². The van der Waals surface area contributed by atoms with Gasteiger partial charge in [-0.25, -0.2) is 0 Å². The molecule has 0 aromatic heterocycles. The first-order valence-electron chi connectivity index (χ1n) is 15.6. The van der Waals surface area contributed by atoms with Crippen molar-refractivity contribution in [2.75, 3.05) is 14.2 Å². The van der Waals surface area contributed by atoms with Crippen molar-refractivity contribution < 1.29 is 63.2 Å². The lowest BCUT2D eigenvalue weighted by molar-refractivity contribution is -0.291. The van der Waals surface area contributed by atoms with Crippen molar-refractivity contribution in [3.05, 3.63) is 77.4 Å². The van der Waals surface area contributed by atoms with Gasteiger partial charge in [0.05, 0.1) is 26.3 Å². The van der Waals surface area contributed by atoms with Gasteiger partial charge in [0.15, 0.2) is 17.6 Å². The number of aliphatic hydroxyl groups excluding tert-OH is 3. The lowest BCUT2D eigenvalue weighted by Crippen LogP contribution is -2.66. The highest BCUT2D eigenvalue weighted by Gasteiger charge is 2.51. The van der Waals surface area contributed by atoms with E-state index in [0.29, 0.717) is 29.4 Å². The predicted octanol–water partition coefficient (Wildman–Crippen LogP) is 0.741. The van der Waals surface area contributed by atoms with Crippen LogP contribution in [-0.2, 0) is 25.5 Å². The number of carbonyl (C=O) groups excluding carboxylic acids is 1. The van der Waals surface area contributed by atoms with E-state index in [-0.39, 0.29) is 17.8 Å². The van der Waals surface area contributed by atoms with Crippen molar-refractivity contribution in [3.8, 4) is 28.7 Å². The second-order valence-corrected chi connectivity index (χ2v) is 12.0. The molecule has 15 heteroatoms. The molecule has 8 N–H and O–H groups in total. The van der Waals surface area contributed by atoms with Crippen LogP contribution in [0.15, 0.2) is 60.7 Å². The van der Waals surface area contributed by atoms with Crippen LogP contribution in [-0.4, -0.2) is 95.7 Å². The topological polar surface area (TPSA) is 232 Å². The van der Waals surface area contributed by atoms with Gasteiger partial charge in [0.1, 0.15) is 54.5 Å². The molecular formula is C34H38N2O13. The molecule has 1 saturated heterocycles. The molecule has 49 heavy (non-hydrogen) atoms. The maximum atomic E-state index is 12.1.